The topological polar surface area (TPSA) is 73.3 Å². The molecule has 0 aliphatic carbocycles. The number of hydrogen-bond donors (Lipinski definition) is 3. The van der Waals surface area contributed by atoms with Crippen molar-refractivity contribution in [3.05, 3.63) is 28.9 Å². The summed E-state index contributed by atoms with van der Waals surface area (Å²) < 4.78 is 0. The first-order valence-corrected chi connectivity index (χ1v) is 4.21. The Kier molecular flexibility index (Phi) is 1.86. The van der Waals surface area contributed by atoms with Gasteiger partial charge in [-0.2, -0.15) is 0 Å². The van der Waals surface area contributed by atoms with Crippen molar-refractivity contribution in [3.8, 4) is 5.75 Å². The molecule has 0 amide bonds. The van der Waals surface area contributed by atoms with Gasteiger partial charge in [-0.15, -0.1) is 0 Å². The highest BCUT2D eigenvalue weighted by molar-refractivity contribution is 6.39. The van der Waals surface area contributed by atoms with Crippen LogP contribution in [-0.4, -0.2) is 21.2 Å². The van der Waals surface area contributed by atoms with E-state index in [-0.39, 0.29) is 16.5 Å². The number of aromatic carboxylic acids is 1. The van der Waals surface area contributed by atoms with Crippen LogP contribution in [0.5, 0.6) is 5.75 Å². The van der Waals surface area contributed by atoms with E-state index in [2.05, 4.69) is 4.98 Å². The molecule has 0 radical (unpaired) electrons. The Morgan fingerprint density at radius 1 is 1.43 bits per heavy atom. The van der Waals surface area contributed by atoms with Crippen molar-refractivity contribution >= 4 is 28.5 Å². The van der Waals surface area contributed by atoms with E-state index in [9.17, 15) is 9.90 Å². The van der Waals surface area contributed by atoms with E-state index in [1.54, 1.807) is 12.1 Å². The molecular formula is C9H6ClNO3. The fourth-order valence-electron chi connectivity index (χ4n) is 1.34. The van der Waals surface area contributed by atoms with Crippen LogP contribution in [-0.2, 0) is 0 Å². The molecule has 0 fully saturated rings. The van der Waals surface area contributed by atoms with Crippen molar-refractivity contribution in [1.29, 1.82) is 0 Å². The minimum Gasteiger partial charge on any atom is -0.507 e. The lowest BCUT2D eigenvalue weighted by atomic mass is 10.2. The number of nitrogens with one attached hydrogen (secondary N) is 1. The Morgan fingerprint density at radius 2 is 2.14 bits per heavy atom. The zero-order chi connectivity index (χ0) is 10.3. The first kappa shape index (κ1) is 8.90. The molecule has 14 heavy (non-hydrogen) atoms. The van der Waals surface area contributed by atoms with Crippen LogP contribution in [0.3, 0.4) is 0 Å². The van der Waals surface area contributed by atoms with Gasteiger partial charge in [0.2, 0.25) is 0 Å². The van der Waals surface area contributed by atoms with Gasteiger partial charge in [-0.05, 0) is 12.1 Å². The first-order chi connectivity index (χ1) is 6.61. The number of carboxylic acids is 1. The van der Waals surface area contributed by atoms with Crippen molar-refractivity contribution < 1.29 is 15.0 Å². The lowest BCUT2D eigenvalue weighted by molar-refractivity contribution is 0.0692. The van der Waals surface area contributed by atoms with E-state index >= 15 is 0 Å². The minimum atomic E-state index is -1.15. The van der Waals surface area contributed by atoms with Crippen molar-refractivity contribution in [2.75, 3.05) is 0 Å². The van der Waals surface area contributed by atoms with Crippen molar-refractivity contribution in [1.82, 2.24) is 4.98 Å². The van der Waals surface area contributed by atoms with Crippen molar-refractivity contribution in [2.24, 2.45) is 0 Å². The van der Waals surface area contributed by atoms with E-state index in [1.807, 2.05) is 0 Å². The monoisotopic (exact) mass is 211 g/mol. The van der Waals surface area contributed by atoms with E-state index in [4.69, 9.17) is 16.7 Å². The Labute approximate surface area is 83.7 Å². The quantitative estimate of drug-likeness (QED) is 0.677. The van der Waals surface area contributed by atoms with Gasteiger partial charge >= 0.3 is 5.97 Å². The highest BCUT2D eigenvalue weighted by atomic mass is 35.5. The number of benzene rings is 1. The molecular weight excluding hydrogens is 206 g/mol. The fraction of sp³-hybridized carbons (Fsp3) is 0. The first-order valence-electron chi connectivity index (χ1n) is 3.83. The Hall–Kier alpha value is -1.68. The molecule has 5 heteroatoms. The standard InChI is InChI=1S/C9H6ClNO3/c10-7-6-4(2-1-3-5(6)12)11-8(7)9(13)14/h1-3,11-12H,(H,13,14). The maximum absolute atomic E-state index is 10.7. The van der Waals surface area contributed by atoms with Crippen molar-refractivity contribution in [2.45, 2.75) is 0 Å². The summed E-state index contributed by atoms with van der Waals surface area (Å²) in [4.78, 5) is 13.3. The molecule has 4 nitrogen and oxygen atoms in total. The summed E-state index contributed by atoms with van der Waals surface area (Å²) in [5.41, 5.74) is 0.399. The third-order valence-electron chi connectivity index (χ3n) is 1.95. The molecule has 0 saturated carbocycles. The summed E-state index contributed by atoms with van der Waals surface area (Å²) in [5, 5.41) is 18.6. The second-order valence-electron chi connectivity index (χ2n) is 2.82. The summed E-state index contributed by atoms with van der Waals surface area (Å²) in [6.45, 7) is 0. The fourth-order valence-corrected chi connectivity index (χ4v) is 1.66. The smallest absolute Gasteiger partial charge is 0.353 e. The zero-order valence-corrected chi connectivity index (χ0v) is 7.67. The lowest BCUT2D eigenvalue weighted by Gasteiger charge is -1.93. The molecule has 72 valence electrons. The number of aromatic nitrogens is 1. The molecule has 0 unspecified atom stereocenters. The van der Waals surface area contributed by atoms with E-state index in [0.29, 0.717) is 10.9 Å². The van der Waals surface area contributed by atoms with Gasteiger partial charge in [0, 0.05) is 0 Å². The van der Waals surface area contributed by atoms with Crippen LogP contribution in [0.25, 0.3) is 10.9 Å². The SMILES string of the molecule is O=C(O)c1[nH]c2cccc(O)c2c1Cl. The molecule has 1 aromatic carbocycles. The molecule has 0 saturated heterocycles. The largest absolute Gasteiger partial charge is 0.507 e. The van der Waals surface area contributed by atoms with E-state index in [1.165, 1.54) is 6.07 Å². The second kappa shape index (κ2) is 2.92. The maximum Gasteiger partial charge on any atom is 0.353 e. The molecule has 1 heterocycles. The molecule has 2 rings (SSSR count). The number of aromatic amines is 1. The van der Waals surface area contributed by atoms with Gasteiger partial charge in [-0.1, -0.05) is 17.7 Å². The summed E-state index contributed by atoms with van der Waals surface area (Å²) >= 11 is 5.79. The summed E-state index contributed by atoms with van der Waals surface area (Å²) in [6.07, 6.45) is 0. The van der Waals surface area contributed by atoms with Crippen LogP contribution < -0.4 is 0 Å². The van der Waals surface area contributed by atoms with Crippen LogP contribution in [0.2, 0.25) is 5.02 Å². The van der Waals surface area contributed by atoms with Crippen LogP contribution >= 0.6 is 11.6 Å². The van der Waals surface area contributed by atoms with Crippen LogP contribution in [0, 0.1) is 0 Å². The van der Waals surface area contributed by atoms with Crippen LogP contribution in [0.15, 0.2) is 18.2 Å². The number of fused-ring (bicyclic) bond motifs is 1. The van der Waals surface area contributed by atoms with Gasteiger partial charge in [0.15, 0.2) is 0 Å². The van der Waals surface area contributed by atoms with Crippen LogP contribution in [0.4, 0.5) is 0 Å². The molecule has 0 aliphatic heterocycles. The average Bonchev–Trinajstić information content (AvgIpc) is 2.45. The molecule has 0 atom stereocenters. The highest BCUT2D eigenvalue weighted by Crippen LogP contribution is 2.33. The number of halogens is 1. The number of rotatable bonds is 1. The normalized spacial score (nSPS) is 10.6. The maximum atomic E-state index is 10.7. The molecule has 1 aromatic heterocycles. The molecule has 3 N–H and O–H groups in total. The van der Waals surface area contributed by atoms with Gasteiger partial charge in [-0.3, -0.25) is 0 Å². The summed E-state index contributed by atoms with van der Waals surface area (Å²) in [7, 11) is 0. The zero-order valence-electron chi connectivity index (χ0n) is 6.91. The minimum absolute atomic E-state index is 0.0312. The van der Waals surface area contributed by atoms with Crippen molar-refractivity contribution in [3.63, 3.8) is 0 Å². The summed E-state index contributed by atoms with van der Waals surface area (Å²) in [5.74, 6) is -1.18. The molecule has 0 spiro atoms. The Bertz CT molecular complexity index is 518. The molecule has 2 aromatic rings. The van der Waals surface area contributed by atoms with E-state index < -0.39 is 5.97 Å². The Morgan fingerprint density at radius 3 is 2.71 bits per heavy atom. The summed E-state index contributed by atoms with van der Waals surface area (Å²) in [6, 6.07) is 4.71. The number of aromatic hydroxyl groups is 1. The van der Waals surface area contributed by atoms with E-state index in [0.717, 1.165) is 0 Å². The van der Waals surface area contributed by atoms with Gasteiger partial charge < -0.3 is 15.2 Å². The Balaban J connectivity index is 2.87. The number of carbonyl (C=O) groups is 1. The lowest BCUT2D eigenvalue weighted by Crippen LogP contribution is -1.96. The predicted molar refractivity (Wildman–Crippen MR) is 51.9 cm³/mol. The third kappa shape index (κ3) is 1.12. The average molecular weight is 212 g/mol. The number of H-pyrrole nitrogens is 1. The highest BCUT2D eigenvalue weighted by Gasteiger charge is 2.17. The van der Waals surface area contributed by atoms with Crippen LogP contribution in [0.1, 0.15) is 10.5 Å². The predicted octanol–water partition coefficient (Wildman–Crippen LogP) is 2.23. The number of carboxylic acid groups (broad SMARTS) is 1. The van der Waals surface area contributed by atoms with Gasteiger partial charge in [0.05, 0.1) is 15.9 Å². The van der Waals surface area contributed by atoms with Gasteiger partial charge in [0.25, 0.3) is 0 Å². The van der Waals surface area contributed by atoms with Gasteiger partial charge in [0.1, 0.15) is 11.4 Å². The van der Waals surface area contributed by atoms with Gasteiger partial charge in [-0.25, -0.2) is 4.79 Å². The second-order valence-corrected chi connectivity index (χ2v) is 3.20. The molecule has 0 aliphatic rings. The molecule has 0 bridgehead atoms. The third-order valence-corrected chi connectivity index (χ3v) is 2.33. The number of hydrogen-bond acceptors (Lipinski definition) is 2. The number of phenolic OH excluding ortho intramolecular Hbond substituents is 1. The number of phenols is 1.